The Labute approximate surface area is 155 Å². The molecule has 1 aliphatic rings. The van der Waals surface area contributed by atoms with E-state index in [4.69, 9.17) is 4.42 Å². The van der Waals surface area contributed by atoms with Gasteiger partial charge in [0.05, 0.1) is 34.6 Å². The van der Waals surface area contributed by atoms with Crippen molar-refractivity contribution < 1.29 is 14.0 Å². The largest absolute Gasteiger partial charge is 0.469 e. The number of anilines is 1. The first-order valence-electron chi connectivity index (χ1n) is 8.04. The standard InChI is InChI=1S/C19H17N3O3S/c1-12-5-2-3-6-15(12)21-18(24)11-26-19-14(10-20)13(9-17(23)22-19)16-7-4-8-25-16/h2-8,13H,9,11H2,1H3,(H,21,24)(H,22,23)/t13-/m1/s1. The Morgan fingerprint density at radius 2 is 2.19 bits per heavy atom. The molecule has 0 unspecified atom stereocenters. The van der Waals surface area contributed by atoms with Crippen molar-refractivity contribution in [3.63, 3.8) is 0 Å². The zero-order chi connectivity index (χ0) is 18.5. The zero-order valence-electron chi connectivity index (χ0n) is 14.1. The Balaban J connectivity index is 1.72. The molecule has 2 N–H and O–H groups in total. The molecule has 1 aromatic carbocycles. The van der Waals surface area contributed by atoms with Gasteiger partial charge in [0, 0.05) is 12.1 Å². The Kier molecular flexibility index (Phi) is 5.44. The van der Waals surface area contributed by atoms with Crippen LogP contribution in [0.25, 0.3) is 0 Å². The molecule has 1 aromatic heterocycles. The second-order valence-corrected chi connectivity index (χ2v) is 6.81. The highest BCUT2D eigenvalue weighted by molar-refractivity contribution is 8.03. The molecule has 0 fully saturated rings. The normalized spacial score (nSPS) is 16.8. The fraction of sp³-hybridized carbons (Fsp3) is 0.211. The van der Waals surface area contributed by atoms with Gasteiger partial charge in [-0.15, -0.1) is 0 Å². The average Bonchev–Trinajstić information content (AvgIpc) is 3.16. The molecule has 0 spiro atoms. The van der Waals surface area contributed by atoms with Crippen LogP contribution >= 0.6 is 11.8 Å². The number of thioether (sulfide) groups is 1. The van der Waals surface area contributed by atoms with Gasteiger partial charge in [0.1, 0.15) is 5.76 Å². The molecule has 1 atom stereocenters. The van der Waals surface area contributed by atoms with Crippen LogP contribution in [0.1, 0.15) is 23.7 Å². The van der Waals surface area contributed by atoms with Crippen LogP contribution < -0.4 is 10.6 Å². The summed E-state index contributed by atoms with van der Waals surface area (Å²) in [6, 6.07) is 13.1. The van der Waals surface area contributed by atoms with E-state index in [-0.39, 0.29) is 24.0 Å². The Morgan fingerprint density at radius 3 is 2.88 bits per heavy atom. The minimum Gasteiger partial charge on any atom is -0.469 e. The maximum atomic E-state index is 12.2. The molecule has 0 bridgehead atoms. The molecule has 0 saturated carbocycles. The first-order chi connectivity index (χ1) is 12.6. The van der Waals surface area contributed by atoms with Crippen molar-refractivity contribution in [2.24, 2.45) is 0 Å². The van der Waals surface area contributed by atoms with Gasteiger partial charge in [-0.05, 0) is 30.7 Å². The van der Waals surface area contributed by atoms with Crippen molar-refractivity contribution in [1.29, 1.82) is 5.26 Å². The number of nitrogens with one attached hydrogen (secondary N) is 2. The summed E-state index contributed by atoms with van der Waals surface area (Å²) in [5.74, 6) is -0.180. The number of carbonyl (C=O) groups is 2. The lowest BCUT2D eigenvalue weighted by molar-refractivity contribution is -0.121. The van der Waals surface area contributed by atoms with Crippen molar-refractivity contribution in [3.05, 3.63) is 64.6 Å². The van der Waals surface area contributed by atoms with Crippen LogP contribution in [-0.2, 0) is 9.59 Å². The van der Waals surface area contributed by atoms with Gasteiger partial charge in [-0.25, -0.2) is 0 Å². The molecule has 26 heavy (non-hydrogen) atoms. The first-order valence-corrected chi connectivity index (χ1v) is 9.03. The van der Waals surface area contributed by atoms with Crippen LogP contribution in [0.5, 0.6) is 0 Å². The summed E-state index contributed by atoms with van der Waals surface area (Å²) in [5.41, 5.74) is 2.12. The van der Waals surface area contributed by atoms with E-state index in [1.54, 1.807) is 12.1 Å². The SMILES string of the molecule is Cc1ccccc1NC(=O)CSC1=C(C#N)[C@H](c2ccco2)CC(=O)N1. The summed E-state index contributed by atoms with van der Waals surface area (Å²) in [5, 5.41) is 15.5. The number of rotatable bonds is 5. The highest BCUT2D eigenvalue weighted by atomic mass is 32.2. The van der Waals surface area contributed by atoms with E-state index in [0.717, 1.165) is 23.0 Å². The molecular weight excluding hydrogens is 350 g/mol. The summed E-state index contributed by atoms with van der Waals surface area (Å²) >= 11 is 1.14. The molecule has 1 aliphatic heterocycles. The van der Waals surface area contributed by atoms with Gasteiger partial charge in [0.15, 0.2) is 0 Å². The second kappa shape index (κ2) is 7.93. The number of para-hydroxylation sites is 1. The molecule has 2 amide bonds. The third-order valence-corrected chi connectivity index (χ3v) is 5.03. The number of furan rings is 1. The molecule has 7 heteroatoms. The predicted octanol–water partition coefficient (Wildman–Crippen LogP) is 3.30. The van der Waals surface area contributed by atoms with Crippen LogP contribution in [0.2, 0.25) is 0 Å². The fourth-order valence-electron chi connectivity index (χ4n) is 2.70. The van der Waals surface area contributed by atoms with E-state index in [1.165, 1.54) is 6.26 Å². The van der Waals surface area contributed by atoms with E-state index in [1.807, 2.05) is 31.2 Å². The lowest BCUT2D eigenvalue weighted by atomic mass is 9.92. The third kappa shape index (κ3) is 3.98. The lowest BCUT2D eigenvalue weighted by Crippen LogP contribution is -2.31. The number of hydrogen-bond donors (Lipinski definition) is 2. The van der Waals surface area contributed by atoms with Gasteiger partial charge in [-0.3, -0.25) is 9.59 Å². The first kappa shape index (κ1) is 17.8. The van der Waals surface area contributed by atoms with Gasteiger partial charge in [-0.1, -0.05) is 30.0 Å². The van der Waals surface area contributed by atoms with Crippen molar-refractivity contribution in [2.75, 3.05) is 11.1 Å². The van der Waals surface area contributed by atoms with Crippen LogP contribution in [0, 0.1) is 18.3 Å². The molecule has 0 aliphatic carbocycles. The van der Waals surface area contributed by atoms with Gasteiger partial charge < -0.3 is 15.1 Å². The van der Waals surface area contributed by atoms with E-state index >= 15 is 0 Å². The van der Waals surface area contributed by atoms with Crippen LogP contribution in [0.4, 0.5) is 5.69 Å². The van der Waals surface area contributed by atoms with Crippen LogP contribution in [0.15, 0.2) is 57.7 Å². The number of aryl methyl sites for hydroxylation is 1. The summed E-state index contributed by atoms with van der Waals surface area (Å²) in [4.78, 5) is 24.2. The minimum atomic E-state index is -0.425. The maximum Gasteiger partial charge on any atom is 0.234 e. The fourth-order valence-corrected chi connectivity index (χ4v) is 3.58. The van der Waals surface area contributed by atoms with Gasteiger partial charge >= 0.3 is 0 Å². The Hall–Kier alpha value is -2.98. The summed E-state index contributed by atoms with van der Waals surface area (Å²) in [6.45, 7) is 1.91. The number of allylic oxidation sites excluding steroid dienone is 1. The number of hydrogen-bond acceptors (Lipinski definition) is 5. The van der Waals surface area contributed by atoms with Gasteiger partial charge in [0.2, 0.25) is 11.8 Å². The Morgan fingerprint density at radius 1 is 1.38 bits per heavy atom. The molecule has 0 saturated heterocycles. The molecule has 0 radical (unpaired) electrons. The second-order valence-electron chi connectivity index (χ2n) is 5.83. The van der Waals surface area contributed by atoms with Gasteiger partial charge in [-0.2, -0.15) is 5.26 Å². The number of nitrogens with zero attached hydrogens (tertiary/aromatic N) is 1. The third-order valence-electron chi connectivity index (χ3n) is 4.01. The molecule has 2 heterocycles. The molecule has 6 nitrogen and oxygen atoms in total. The molecule has 3 rings (SSSR count). The summed E-state index contributed by atoms with van der Waals surface area (Å²) in [7, 11) is 0. The number of nitriles is 1. The highest BCUT2D eigenvalue weighted by Gasteiger charge is 2.31. The number of carbonyl (C=O) groups excluding carboxylic acids is 2. The highest BCUT2D eigenvalue weighted by Crippen LogP contribution is 2.36. The quantitative estimate of drug-likeness (QED) is 0.845. The number of benzene rings is 1. The summed E-state index contributed by atoms with van der Waals surface area (Å²) in [6.07, 6.45) is 1.66. The average molecular weight is 367 g/mol. The van der Waals surface area contributed by atoms with Crippen molar-refractivity contribution >= 4 is 29.3 Å². The number of amides is 2. The monoisotopic (exact) mass is 367 g/mol. The van der Waals surface area contributed by atoms with E-state index in [0.29, 0.717) is 16.4 Å². The molecular formula is C19H17N3O3S. The lowest BCUT2D eigenvalue weighted by Gasteiger charge is -2.23. The van der Waals surface area contributed by atoms with E-state index < -0.39 is 5.92 Å². The summed E-state index contributed by atoms with van der Waals surface area (Å²) < 4.78 is 5.37. The Bertz CT molecular complexity index is 897. The van der Waals surface area contributed by atoms with E-state index in [9.17, 15) is 14.9 Å². The zero-order valence-corrected chi connectivity index (χ0v) is 14.9. The van der Waals surface area contributed by atoms with Crippen molar-refractivity contribution in [3.8, 4) is 6.07 Å². The van der Waals surface area contributed by atoms with E-state index in [2.05, 4.69) is 16.7 Å². The smallest absolute Gasteiger partial charge is 0.234 e. The van der Waals surface area contributed by atoms with Crippen molar-refractivity contribution in [1.82, 2.24) is 5.32 Å². The van der Waals surface area contributed by atoms with Crippen molar-refractivity contribution in [2.45, 2.75) is 19.3 Å². The minimum absolute atomic E-state index is 0.0833. The maximum absolute atomic E-state index is 12.2. The van der Waals surface area contributed by atoms with Crippen LogP contribution in [0.3, 0.4) is 0 Å². The van der Waals surface area contributed by atoms with Crippen LogP contribution in [-0.4, -0.2) is 17.6 Å². The molecule has 2 aromatic rings. The molecule has 132 valence electrons. The topological polar surface area (TPSA) is 95.1 Å². The van der Waals surface area contributed by atoms with Gasteiger partial charge in [0.25, 0.3) is 0 Å². The predicted molar refractivity (Wildman–Crippen MR) is 99.1 cm³/mol.